The molecule has 1 aliphatic carbocycles. The van der Waals surface area contributed by atoms with E-state index < -0.39 is 11.6 Å². The number of anilines is 1. The Morgan fingerprint density at radius 2 is 1.62 bits per heavy atom. The van der Waals surface area contributed by atoms with Gasteiger partial charge in [0, 0.05) is 5.69 Å². The van der Waals surface area contributed by atoms with Crippen LogP contribution in [0.1, 0.15) is 73.7 Å². The largest absolute Gasteiger partial charge is 0.348 e. The molecule has 1 saturated carbocycles. The lowest BCUT2D eigenvalue weighted by Gasteiger charge is -2.38. The highest BCUT2D eigenvalue weighted by Crippen LogP contribution is 2.43. The van der Waals surface area contributed by atoms with Crippen molar-refractivity contribution < 1.29 is 14.4 Å². The number of carbonyl (C=O) groups is 3. The van der Waals surface area contributed by atoms with Crippen molar-refractivity contribution in [2.75, 3.05) is 11.4 Å². The van der Waals surface area contributed by atoms with Crippen LogP contribution in [0.25, 0.3) is 0 Å². The van der Waals surface area contributed by atoms with Gasteiger partial charge in [-0.2, -0.15) is 0 Å². The van der Waals surface area contributed by atoms with Gasteiger partial charge < -0.3 is 5.32 Å². The van der Waals surface area contributed by atoms with E-state index >= 15 is 0 Å². The molecule has 1 N–H and O–H groups in total. The van der Waals surface area contributed by atoms with E-state index in [9.17, 15) is 14.4 Å². The second-order valence-electron chi connectivity index (χ2n) is 9.83. The fourth-order valence-corrected chi connectivity index (χ4v) is 5.50. The highest BCUT2D eigenvalue weighted by molar-refractivity contribution is 6.18. The van der Waals surface area contributed by atoms with Crippen molar-refractivity contribution in [1.82, 2.24) is 10.2 Å². The summed E-state index contributed by atoms with van der Waals surface area (Å²) in [6, 6.07) is 13.3. The Morgan fingerprint density at radius 3 is 2.24 bits per heavy atom. The van der Waals surface area contributed by atoms with Crippen molar-refractivity contribution in [3.05, 3.63) is 64.7 Å². The molecule has 1 atom stereocenters. The molecule has 1 spiro atoms. The molecule has 2 aromatic rings. The smallest absolute Gasteiger partial charge is 0.332 e. The molecule has 4 rings (SSSR count). The van der Waals surface area contributed by atoms with Crippen molar-refractivity contribution in [1.29, 1.82) is 0 Å². The first-order valence-electron chi connectivity index (χ1n) is 12.4. The van der Waals surface area contributed by atoms with E-state index in [0.29, 0.717) is 12.8 Å². The zero-order valence-electron chi connectivity index (χ0n) is 20.7. The predicted octanol–water partition coefficient (Wildman–Crippen LogP) is 5.35. The van der Waals surface area contributed by atoms with E-state index in [1.165, 1.54) is 5.56 Å². The highest BCUT2D eigenvalue weighted by atomic mass is 16.2. The molecular weight excluding hydrogens is 426 g/mol. The third-order valence-corrected chi connectivity index (χ3v) is 7.31. The number of hydrogen-bond donors (Lipinski definition) is 1. The molecule has 6 nitrogen and oxygen atoms in total. The van der Waals surface area contributed by atoms with E-state index in [1.54, 1.807) is 4.90 Å². The van der Waals surface area contributed by atoms with Gasteiger partial charge in [-0.15, -0.1) is 0 Å². The first-order chi connectivity index (χ1) is 16.3. The van der Waals surface area contributed by atoms with E-state index in [2.05, 4.69) is 11.4 Å². The average Bonchev–Trinajstić information content (AvgIpc) is 3.00. The molecule has 2 aromatic carbocycles. The minimum atomic E-state index is -0.886. The fraction of sp³-hybridized carbons (Fsp3) is 0.464. The Labute approximate surface area is 202 Å². The molecule has 1 heterocycles. The van der Waals surface area contributed by atoms with Crippen molar-refractivity contribution in [2.45, 2.75) is 77.8 Å². The Morgan fingerprint density at radius 1 is 0.971 bits per heavy atom. The van der Waals surface area contributed by atoms with Gasteiger partial charge in [0.1, 0.15) is 12.1 Å². The summed E-state index contributed by atoms with van der Waals surface area (Å²) >= 11 is 0. The van der Waals surface area contributed by atoms with Gasteiger partial charge in [0.05, 0.1) is 6.04 Å². The summed E-state index contributed by atoms with van der Waals surface area (Å²) < 4.78 is 0. The number of nitrogens with one attached hydrogen (secondary N) is 1. The van der Waals surface area contributed by atoms with E-state index in [4.69, 9.17) is 0 Å². The van der Waals surface area contributed by atoms with Crippen molar-refractivity contribution >= 4 is 23.5 Å². The van der Waals surface area contributed by atoms with Crippen molar-refractivity contribution in [3.63, 3.8) is 0 Å². The maximum atomic E-state index is 13.7. The van der Waals surface area contributed by atoms with Gasteiger partial charge in [-0.25, -0.2) is 4.79 Å². The van der Waals surface area contributed by atoms with E-state index in [-0.39, 0.29) is 24.4 Å². The maximum Gasteiger partial charge on any atom is 0.332 e. The molecule has 2 fully saturated rings. The van der Waals surface area contributed by atoms with E-state index in [0.717, 1.165) is 53.0 Å². The van der Waals surface area contributed by atoms with Crippen LogP contribution < -0.4 is 10.2 Å². The number of hydrogen-bond acceptors (Lipinski definition) is 3. The topological polar surface area (TPSA) is 69.7 Å². The Balaban J connectivity index is 1.57. The molecule has 34 heavy (non-hydrogen) atoms. The van der Waals surface area contributed by atoms with Gasteiger partial charge in [-0.05, 0) is 63.3 Å². The van der Waals surface area contributed by atoms with Gasteiger partial charge in [0.15, 0.2) is 0 Å². The van der Waals surface area contributed by atoms with E-state index in [1.807, 2.05) is 64.1 Å². The van der Waals surface area contributed by atoms with Crippen LogP contribution in [0, 0.1) is 20.8 Å². The van der Waals surface area contributed by atoms with Crippen LogP contribution in [0.15, 0.2) is 42.5 Å². The SMILES string of the molecule is CCC(NC(=O)CN1C(=O)N(c2ccc(C)cc2)C2(CCCCC2)C1=O)c1ccc(C)cc1C. The molecule has 0 radical (unpaired) electrons. The Kier molecular flexibility index (Phi) is 6.78. The first-order valence-corrected chi connectivity index (χ1v) is 12.4. The lowest BCUT2D eigenvalue weighted by atomic mass is 9.80. The minimum Gasteiger partial charge on any atom is -0.348 e. The fourth-order valence-electron chi connectivity index (χ4n) is 5.50. The molecule has 2 aliphatic rings. The molecule has 1 saturated heterocycles. The average molecular weight is 462 g/mol. The number of nitrogens with zero attached hydrogens (tertiary/aromatic N) is 2. The van der Waals surface area contributed by atoms with Crippen molar-refractivity contribution in [3.8, 4) is 0 Å². The number of rotatable bonds is 6. The van der Waals surface area contributed by atoms with Crippen LogP contribution in [0.3, 0.4) is 0 Å². The standard InChI is InChI=1S/C28H35N3O3/c1-5-24(23-14-11-20(3)17-21(23)4)29-25(32)18-30-26(33)28(15-7-6-8-16-28)31(27(30)34)22-12-9-19(2)10-13-22/h9-14,17,24H,5-8,15-16,18H2,1-4H3,(H,29,32). The summed E-state index contributed by atoms with van der Waals surface area (Å²) in [4.78, 5) is 43.2. The molecule has 6 heteroatoms. The van der Waals surface area contributed by atoms with Crippen LogP contribution in [-0.4, -0.2) is 34.8 Å². The number of imide groups is 1. The second-order valence-corrected chi connectivity index (χ2v) is 9.83. The quantitative estimate of drug-likeness (QED) is 0.590. The summed E-state index contributed by atoms with van der Waals surface area (Å²) in [7, 11) is 0. The van der Waals surface area contributed by atoms with Gasteiger partial charge in [0.2, 0.25) is 5.91 Å². The van der Waals surface area contributed by atoms with Gasteiger partial charge >= 0.3 is 6.03 Å². The number of urea groups is 1. The predicted molar refractivity (Wildman–Crippen MR) is 134 cm³/mol. The summed E-state index contributed by atoms with van der Waals surface area (Å²) in [5, 5.41) is 3.06. The lowest BCUT2D eigenvalue weighted by Crippen LogP contribution is -2.51. The van der Waals surface area contributed by atoms with Crippen LogP contribution in [0.4, 0.5) is 10.5 Å². The molecule has 0 bridgehead atoms. The third-order valence-electron chi connectivity index (χ3n) is 7.31. The van der Waals surface area contributed by atoms with Crippen LogP contribution in [0.5, 0.6) is 0 Å². The summed E-state index contributed by atoms with van der Waals surface area (Å²) in [5.74, 6) is -0.558. The first kappa shape index (κ1) is 24.0. The monoisotopic (exact) mass is 461 g/mol. The van der Waals surface area contributed by atoms with Gasteiger partial charge in [-0.1, -0.05) is 67.6 Å². The third kappa shape index (κ3) is 4.33. The Bertz CT molecular complexity index is 1090. The number of amides is 4. The summed E-state index contributed by atoms with van der Waals surface area (Å²) in [5.41, 5.74) is 4.27. The maximum absolute atomic E-state index is 13.7. The molecule has 180 valence electrons. The number of aryl methyl sites for hydroxylation is 3. The molecule has 0 aromatic heterocycles. The molecule has 1 aliphatic heterocycles. The van der Waals surface area contributed by atoms with Gasteiger partial charge in [0.25, 0.3) is 5.91 Å². The highest BCUT2D eigenvalue weighted by Gasteiger charge is 2.58. The van der Waals surface area contributed by atoms with Gasteiger partial charge in [-0.3, -0.25) is 19.4 Å². The number of carbonyl (C=O) groups excluding carboxylic acids is 3. The zero-order chi connectivity index (χ0) is 24.5. The normalized spacial score (nSPS) is 18.5. The summed E-state index contributed by atoms with van der Waals surface area (Å²) in [6.45, 7) is 7.84. The number of benzene rings is 2. The summed E-state index contributed by atoms with van der Waals surface area (Å²) in [6.07, 6.45) is 4.82. The molecule has 4 amide bonds. The van der Waals surface area contributed by atoms with Crippen LogP contribution in [-0.2, 0) is 9.59 Å². The minimum absolute atomic E-state index is 0.169. The zero-order valence-corrected chi connectivity index (χ0v) is 20.7. The van der Waals surface area contributed by atoms with Crippen LogP contribution >= 0.6 is 0 Å². The molecule has 1 unspecified atom stereocenters. The molecular formula is C28H35N3O3. The Hall–Kier alpha value is -3.15. The second kappa shape index (κ2) is 9.61. The van der Waals surface area contributed by atoms with Crippen LogP contribution in [0.2, 0.25) is 0 Å². The van der Waals surface area contributed by atoms with Crippen molar-refractivity contribution in [2.24, 2.45) is 0 Å². The lowest BCUT2D eigenvalue weighted by molar-refractivity contribution is -0.135.